The standard InChI is InChI=1S/C20H30N2O.ClH/c1-3-20(4-2,18-8-6-5-7-9-18)19(23)22-12-10-16-14-21-15-17(16)11-13-22;/h5-9,16-17,21H,3-4,10-15H2,1-2H3;1H/t16-,17+;. The number of hydrogen-bond acceptors (Lipinski definition) is 2. The number of carbonyl (C=O) groups is 1. The minimum Gasteiger partial charge on any atom is -0.342 e. The zero-order chi connectivity index (χ0) is 16.3. The van der Waals surface area contributed by atoms with Crippen molar-refractivity contribution in [1.82, 2.24) is 10.2 Å². The molecule has 2 fully saturated rings. The normalized spacial score (nSPS) is 24.0. The van der Waals surface area contributed by atoms with E-state index in [0.29, 0.717) is 5.91 Å². The average Bonchev–Trinajstić information content (AvgIpc) is 2.96. The summed E-state index contributed by atoms with van der Waals surface area (Å²) in [6, 6.07) is 10.4. The van der Waals surface area contributed by atoms with Crippen LogP contribution in [0.1, 0.15) is 45.1 Å². The second kappa shape index (κ2) is 8.35. The molecule has 0 radical (unpaired) electrons. The Kier molecular flexibility index (Phi) is 6.70. The SMILES string of the molecule is CCC(CC)(C(=O)N1CC[C@@H]2CNC[C@@H]2CC1)c1ccccc1.Cl. The van der Waals surface area contributed by atoms with Crippen LogP contribution in [0.3, 0.4) is 0 Å². The maximum atomic E-state index is 13.5. The summed E-state index contributed by atoms with van der Waals surface area (Å²) >= 11 is 0. The molecule has 4 heteroatoms. The summed E-state index contributed by atoms with van der Waals surface area (Å²) in [5.41, 5.74) is 0.833. The van der Waals surface area contributed by atoms with Gasteiger partial charge in [0.1, 0.15) is 0 Å². The molecule has 2 saturated heterocycles. The fourth-order valence-corrected chi connectivity index (χ4v) is 4.57. The second-order valence-electron chi connectivity index (χ2n) is 7.20. The molecule has 2 heterocycles. The van der Waals surface area contributed by atoms with E-state index in [1.807, 2.05) is 6.07 Å². The van der Waals surface area contributed by atoms with Crippen molar-refractivity contribution in [2.45, 2.75) is 44.9 Å². The lowest BCUT2D eigenvalue weighted by Crippen LogP contribution is -2.47. The van der Waals surface area contributed by atoms with Crippen LogP contribution in [0.15, 0.2) is 30.3 Å². The third-order valence-corrected chi connectivity index (χ3v) is 6.25. The van der Waals surface area contributed by atoms with Gasteiger partial charge in [0.05, 0.1) is 5.41 Å². The highest BCUT2D eigenvalue weighted by Crippen LogP contribution is 2.36. The van der Waals surface area contributed by atoms with Gasteiger partial charge in [0.25, 0.3) is 0 Å². The topological polar surface area (TPSA) is 32.3 Å². The molecule has 1 aromatic carbocycles. The molecular formula is C20H31ClN2O. The van der Waals surface area contributed by atoms with Gasteiger partial charge in [0, 0.05) is 13.1 Å². The van der Waals surface area contributed by atoms with Crippen LogP contribution >= 0.6 is 12.4 Å². The maximum Gasteiger partial charge on any atom is 0.233 e. The molecule has 0 aromatic heterocycles. The van der Waals surface area contributed by atoms with E-state index in [9.17, 15) is 4.79 Å². The number of halogens is 1. The largest absolute Gasteiger partial charge is 0.342 e. The summed E-state index contributed by atoms with van der Waals surface area (Å²) in [4.78, 5) is 15.6. The van der Waals surface area contributed by atoms with E-state index >= 15 is 0 Å². The molecule has 3 nitrogen and oxygen atoms in total. The Balaban J connectivity index is 0.00000208. The number of nitrogens with one attached hydrogen (secondary N) is 1. The number of likely N-dealkylation sites (tertiary alicyclic amines) is 1. The van der Waals surface area contributed by atoms with Gasteiger partial charge in [-0.2, -0.15) is 0 Å². The van der Waals surface area contributed by atoms with Crippen LogP contribution < -0.4 is 5.32 Å². The van der Waals surface area contributed by atoms with Crippen LogP contribution in [-0.4, -0.2) is 37.0 Å². The Morgan fingerprint density at radius 1 is 1.08 bits per heavy atom. The summed E-state index contributed by atoms with van der Waals surface area (Å²) in [6.45, 7) is 8.44. The molecule has 134 valence electrons. The van der Waals surface area contributed by atoms with Crippen molar-refractivity contribution in [1.29, 1.82) is 0 Å². The van der Waals surface area contributed by atoms with Crippen LogP contribution in [0.5, 0.6) is 0 Å². The van der Waals surface area contributed by atoms with Gasteiger partial charge in [0.15, 0.2) is 0 Å². The zero-order valence-electron chi connectivity index (χ0n) is 15.0. The molecule has 3 rings (SSSR count). The maximum absolute atomic E-state index is 13.5. The van der Waals surface area contributed by atoms with E-state index in [1.54, 1.807) is 0 Å². The molecule has 1 N–H and O–H groups in total. The van der Waals surface area contributed by atoms with Crippen LogP contribution in [-0.2, 0) is 10.2 Å². The molecule has 0 bridgehead atoms. The molecule has 2 atom stereocenters. The monoisotopic (exact) mass is 350 g/mol. The minimum atomic E-state index is -0.348. The Morgan fingerprint density at radius 3 is 2.12 bits per heavy atom. The Morgan fingerprint density at radius 2 is 1.62 bits per heavy atom. The van der Waals surface area contributed by atoms with Gasteiger partial charge >= 0.3 is 0 Å². The van der Waals surface area contributed by atoms with E-state index in [2.05, 4.69) is 48.3 Å². The van der Waals surface area contributed by atoms with Crippen LogP contribution in [0.25, 0.3) is 0 Å². The number of fused-ring (bicyclic) bond motifs is 1. The van der Waals surface area contributed by atoms with Gasteiger partial charge in [-0.25, -0.2) is 0 Å². The zero-order valence-corrected chi connectivity index (χ0v) is 15.8. The van der Waals surface area contributed by atoms with Crippen LogP contribution in [0, 0.1) is 11.8 Å². The Bertz CT molecular complexity index is 516. The Hall–Kier alpha value is -1.06. The lowest BCUT2D eigenvalue weighted by molar-refractivity contribution is -0.138. The number of nitrogens with zero attached hydrogens (tertiary/aromatic N) is 1. The summed E-state index contributed by atoms with van der Waals surface area (Å²) in [6.07, 6.45) is 4.05. The van der Waals surface area contributed by atoms with Gasteiger partial charge < -0.3 is 10.2 Å². The molecule has 0 saturated carbocycles. The molecule has 2 aliphatic heterocycles. The number of rotatable bonds is 4. The van der Waals surface area contributed by atoms with E-state index in [-0.39, 0.29) is 17.8 Å². The average molecular weight is 351 g/mol. The number of hydrogen-bond donors (Lipinski definition) is 1. The first kappa shape index (κ1) is 19.3. The smallest absolute Gasteiger partial charge is 0.233 e. The van der Waals surface area contributed by atoms with E-state index < -0.39 is 0 Å². The third kappa shape index (κ3) is 3.48. The fraction of sp³-hybridized carbons (Fsp3) is 0.650. The lowest BCUT2D eigenvalue weighted by atomic mass is 9.74. The molecule has 1 aromatic rings. The predicted molar refractivity (Wildman–Crippen MR) is 102 cm³/mol. The lowest BCUT2D eigenvalue weighted by Gasteiger charge is -2.36. The molecule has 0 spiro atoms. The summed E-state index contributed by atoms with van der Waals surface area (Å²) in [5, 5.41) is 3.51. The first-order chi connectivity index (χ1) is 11.2. The third-order valence-electron chi connectivity index (χ3n) is 6.25. The van der Waals surface area contributed by atoms with Crippen molar-refractivity contribution < 1.29 is 4.79 Å². The van der Waals surface area contributed by atoms with Gasteiger partial charge in [-0.1, -0.05) is 44.2 Å². The molecule has 2 aliphatic rings. The first-order valence-corrected chi connectivity index (χ1v) is 9.27. The highest BCUT2D eigenvalue weighted by molar-refractivity contribution is 5.88. The second-order valence-corrected chi connectivity index (χ2v) is 7.20. The molecule has 24 heavy (non-hydrogen) atoms. The number of amides is 1. The molecule has 0 unspecified atom stereocenters. The highest BCUT2D eigenvalue weighted by atomic mass is 35.5. The van der Waals surface area contributed by atoms with Gasteiger partial charge in [-0.05, 0) is 56.2 Å². The summed E-state index contributed by atoms with van der Waals surface area (Å²) in [7, 11) is 0. The van der Waals surface area contributed by atoms with E-state index in [4.69, 9.17) is 0 Å². The van der Waals surface area contributed by atoms with Gasteiger partial charge in [-0.3, -0.25) is 4.79 Å². The predicted octanol–water partition coefficient (Wildman–Crippen LogP) is 3.62. The van der Waals surface area contributed by atoms with Gasteiger partial charge in [0.2, 0.25) is 5.91 Å². The van der Waals surface area contributed by atoms with E-state index in [1.165, 1.54) is 5.56 Å². The molecule has 0 aliphatic carbocycles. The highest BCUT2D eigenvalue weighted by Gasteiger charge is 2.41. The number of benzene rings is 1. The van der Waals surface area contributed by atoms with Crippen molar-refractivity contribution in [2.24, 2.45) is 11.8 Å². The first-order valence-electron chi connectivity index (χ1n) is 9.27. The van der Waals surface area contributed by atoms with Crippen molar-refractivity contribution in [3.8, 4) is 0 Å². The van der Waals surface area contributed by atoms with Crippen LogP contribution in [0.4, 0.5) is 0 Å². The minimum absolute atomic E-state index is 0. The van der Waals surface area contributed by atoms with Crippen molar-refractivity contribution in [3.63, 3.8) is 0 Å². The van der Waals surface area contributed by atoms with Gasteiger partial charge in [-0.15, -0.1) is 12.4 Å². The summed E-state index contributed by atoms with van der Waals surface area (Å²) < 4.78 is 0. The van der Waals surface area contributed by atoms with Crippen molar-refractivity contribution in [3.05, 3.63) is 35.9 Å². The summed E-state index contributed by atoms with van der Waals surface area (Å²) in [5.74, 6) is 1.88. The van der Waals surface area contributed by atoms with E-state index in [0.717, 1.165) is 63.7 Å². The number of carbonyl (C=O) groups excluding carboxylic acids is 1. The Labute approximate surface area is 152 Å². The molecular weight excluding hydrogens is 320 g/mol. The fourth-order valence-electron chi connectivity index (χ4n) is 4.57. The van der Waals surface area contributed by atoms with Crippen molar-refractivity contribution in [2.75, 3.05) is 26.2 Å². The molecule has 1 amide bonds. The van der Waals surface area contributed by atoms with Crippen molar-refractivity contribution >= 4 is 18.3 Å². The van der Waals surface area contributed by atoms with Crippen LogP contribution in [0.2, 0.25) is 0 Å². The quantitative estimate of drug-likeness (QED) is 0.899.